The second-order valence-electron chi connectivity index (χ2n) is 6.47. The maximum absolute atomic E-state index is 12.5. The largest absolute Gasteiger partial charge is 0.345 e. The van der Waals surface area contributed by atoms with Crippen LogP contribution in [0.2, 0.25) is 0 Å². The van der Waals surface area contributed by atoms with Gasteiger partial charge in [0.25, 0.3) is 5.91 Å². The number of rotatable bonds is 4. The number of carbonyl (C=O) groups excluding carboxylic acids is 1. The van der Waals surface area contributed by atoms with Crippen LogP contribution in [0.25, 0.3) is 0 Å². The van der Waals surface area contributed by atoms with Crippen LogP contribution in [0.15, 0.2) is 6.07 Å². The number of hydrogen-bond donors (Lipinski definition) is 2. The first-order valence-corrected chi connectivity index (χ1v) is 8.58. The molecule has 0 spiro atoms. The molecule has 1 heterocycles. The van der Waals surface area contributed by atoms with E-state index in [0.717, 1.165) is 17.7 Å². The molecule has 0 radical (unpaired) electrons. The molecule has 1 unspecified atom stereocenters. The van der Waals surface area contributed by atoms with Crippen molar-refractivity contribution in [1.82, 2.24) is 5.32 Å². The van der Waals surface area contributed by atoms with E-state index in [9.17, 15) is 4.79 Å². The minimum Gasteiger partial charge on any atom is -0.345 e. The Labute approximate surface area is 124 Å². The fraction of sp³-hybridized carbons (Fsp3) is 0.688. The summed E-state index contributed by atoms with van der Waals surface area (Å²) in [6, 6.07) is 2.12. The van der Waals surface area contributed by atoms with Gasteiger partial charge in [-0.2, -0.15) is 0 Å². The Morgan fingerprint density at radius 2 is 2.15 bits per heavy atom. The topological polar surface area (TPSA) is 55.1 Å². The van der Waals surface area contributed by atoms with Crippen LogP contribution in [0.3, 0.4) is 0 Å². The molecule has 110 valence electrons. The van der Waals surface area contributed by atoms with Crippen molar-refractivity contribution in [2.45, 2.75) is 57.4 Å². The number of aryl methyl sites for hydroxylation is 2. The molecule has 20 heavy (non-hydrogen) atoms. The zero-order chi connectivity index (χ0) is 14.2. The molecule has 0 saturated heterocycles. The molecule has 0 aliphatic heterocycles. The Bertz CT molecular complexity index is 483. The molecule has 3 rings (SSSR count). The van der Waals surface area contributed by atoms with E-state index in [2.05, 4.69) is 18.3 Å². The zero-order valence-corrected chi connectivity index (χ0v) is 13.0. The summed E-state index contributed by atoms with van der Waals surface area (Å²) in [5.41, 5.74) is 7.06. The number of carbonyl (C=O) groups is 1. The van der Waals surface area contributed by atoms with Crippen LogP contribution in [0.4, 0.5) is 0 Å². The van der Waals surface area contributed by atoms with Crippen molar-refractivity contribution in [1.29, 1.82) is 0 Å². The van der Waals surface area contributed by atoms with Crippen LogP contribution in [0.5, 0.6) is 0 Å². The molecule has 1 atom stereocenters. The third kappa shape index (κ3) is 2.77. The summed E-state index contributed by atoms with van der Waals surface area (Å²) in [5, 5.41) is 3.19. The molecule has 3 nitrogen and oxygen atoms in total. The van der Waals surface area contributed by atoms with Crippen LogP contribution in [-0.4, -0.2) is 18.0 Å². The van der Waals surface area contributed by atoms with Crippen molar-refractivity contribution >= 4 is 17.2 Å². The SMILES string of the molecule is CC(CN)(NC(=O)c1cc2c(s1)CCCCC2)C1CC1. The highest BCUT2D eigenvalue weighted by atomic mass is 32.1. The van der Waals surface area contributed by atoms with Crippen molar-refractivity contribution in [3.8, 4) is 0 Å². The summed E-state index contributed by atoms with van der Waals surface area (Å²) in [6.07, 6.45) is 8.49. The summed E-state index contributed by atoms with van der Waals surface area (Å²) in [6.45, 7) is 2.61. The lowest BCUT2D eigenvalue weighted by Crippen LogP contribution is -2.53. The van der Waals surface area contributed by atoms with E-state index in [1.54, 1.807) is 11.3 Å². The number of nitrogens with one attached hydrogen (secondary N) is 1. The lowest BCUT2D eigenvalue weighted by atomic mass is 9.96. The van der Waals surface area contributed by atoms with Gasteiger partial charge in [-0.25, -0.2) is 0 Å². The van der Waals surface area contributed by atoms with E-state index in [0.29, 0.717) is 12.5 Å². The molecule has 2 aliphatic rings. The average Bonchev–Trinajstić information content (AvgIpc) is 3.24. The fourth-order valence-electron chi connectivity index (χ4n) is 3.14. The molecular weight excluding hydrogens is 268 g/mol. The van der Waals surface area contributed by atoms with Gasteiger partial charge in [0, 0.05) is 11.4 Å². The van der Waals surface area contributed by atoms with Gasteiger partial charge >= 0.3 is 0 Å². The maximum Gasteiger partial charge on any atom is 0.261 e. The number of nitrogens with two attached hydrogens (primary N) is 1. The highest BCUT2D eigenvalue weighted by molar-refractivity contribution is 7.14. The predicted octanol–water partition coefficient (Wildman–Crippen LogP) is 2.87. The third-order valence-electron chi connectivity index (χ3n) is 4.77. The second-order valence-corrected chi connectivity index (χ2v) is 7.61. The van der Waals surface area contributed by atoms with Gasteiger partial charge in [-0.15, -0.1) is 11.3 Å². The van der Waals surface area contributed by atoms with Crippen molar-refractivity contribution in [2.75, 3.05) is 6.54 Å². The van der Waals surface area contributed by atoms with E-state index in [1.165, 1.54) is 42.5 Å². The van der Waals surface area contributed by atoms with E-state index in [4.69, 9.17) is 5.73 Å². The highest BCUT2D eigenvalue weighted by Gasteiger charge is 2.41. The monoisotopic (exact) mass is 292 g/mol. The summed E-state index contributed by atoms with van der Waals surface area (Å²) < 4.78 is 0. The molecule has 3 N–H and O–H groups in total. The van der Waals surface area contributed by atoms with Crippen LogP contribution in [-0.2, 0) is 12.8 Å². The van der Waals surface area contributed by atoms with Gasteiger partial charge in [0.2, 0.25) is 0 Å². The smallest absolute Gasteiger partial charge is 0.261 e. The van der Waals surface area contributed by atoms with Gasteiger partial charge < -0.3 is 11.1 Å². The van der Waals surface area contributed by atoms with Crippen molar-refractivity contribution in [3.05, 3.63) is 21.4 Å². The molecule has 1 amide bonds. The first-order chi connectivity index (χ1) is 9.62. The van der Waals surface area contributed by atoms with Gasteiger partial charge in [-0.05, 0) is 63.0 Å². The second kappa shape index (κ2) is 5.49. The van der Waals surface area contributed by atoms with Crippen LogP contribution < -0.4 is 11.1 Å². The fourth-order valence-corrected chi connectivity index (χ4v) is 4.29. The number of amides is 1. The molecule has 2 aliphatic carbocycles. The normalized spacial score (nSPS) is 21.7. The van der Waals surface area contributed by atoms with Gasteiger partial charge in [0.1, 0.15) is 0 Å². The summed E-state index contributed by atoms with van der Waals surface area (Å²) in [4.78, 5) is 14.8. The lowest BCUT2D eigenvalue weighted by molar-refractivity contribution is 0.0902. The van der Waals surface area contributed by atoms with Crippen LogP contribution in [0, 0.1) is 5.92 Å². The molecule has 1 saturated carbocycles. The highest BCUT2D eigenvalue weighted by Crippen LogP contribution is 2.39. The maximum atomic E-state index is 12.5. The Kier molecular flexibility index (Phi) is 3.87. The van der Waals surface area contributed by atoms with Crippen molar-refractivity contribution in [3.63, 3.8) is 0 Å². The summed E-state index contributed by atoms with van der Waals surface area (Å²) in [5.74, 6) is 0.636. The van der Waals surface area contributed by atoms with Crippen molar-refractivity contribution in [2.24, 2.45) is 11.7 Å². The number of fused-ring (bicyclic) bond motifs is 1. The average molecular weight is 292 g/mol. The Morgan fingerprint density at radius 3 is 2.85 bits per heavy atom. The third-order valence-corrected chi connectivity index (χ3v) is 6.01. The van der Waals surface area contributed by atoms with E-state index < -0.39 is 0 Å². The first-order valence-electron chi connectivity index (χ1n) is 7.76. The predicted molar refractivity (Wildman–Crippen MR) is 83.2 cm³/mol. The molecule has 1 aromatic rings. The van der Waals surface area contributed by atoms with Gasteiger partial charge in [0.15, 0.2) is 0 Å². The van der Waals surface area contributed by atoms with Gasteiger partial charge in [-0.1, -0.05) is 6.42 Å². The Hall–Kier alpha value is -0.870. The van der Waals surface area contributed by atoms with E-state index in [1.807, 2.05) is 0 Å². The molecular formula is C16H24N2OS. The molecule has 0 bridgehead atoms. The molecule has 4 heteroatoms. The van der Waals surface area contributed by atoms with Crippen molar-refractivity contribution < 1.29 is 4.79 Å². The molecule has 1 fully saturated rings. The van der Waals surface area contributed by atoms with E-state index in [-0.39, 0.29) is 11.4 Å². The molecule has 1 aromatic heterocycles. The zero-order valence-electron chi connectivity index (χ0n) is 12.2. The summed E-state index contributed by atoms with van der Waals surface area (Å²) in [7, 11) is 0. The first kappa shape index (κ1) is 14.1. The lowest BCUT2D eigenvalue weighted by Gasteiger charge is -2.29. The number of thiophene rings is 1. The standard InChI is InChI=1S/C16H24N2OS/c1-16(10-17,12-7-8-12)18-15(19)14-9-11-5-3-2-4-6-13(11)20-14/h9,12H,2-8,10,17H2,1H3,(H,18,19). The Balaban J connectivity index is 1.74. The van der Waals surface area contributed by atoms with Gasteiger partial charge in [0.05, 0.1) is 10.4 Å². The summed E-state index contributed by atoms with van der Waals surface area (Å²) >= 11 is 1.69. The van der Waals surface area contributed by atoms with E-state index >= 15 is 0 Å². The minimum atomic E-state index is -0.224. The quantitative estimate of drug-likeness (QED) is 0.838. The van der Waals surface area contributed by atoms with Gasteiger partial charge in [-0.3, -0.25) is 4.79 Å². The van der Waals surface area contributed by atoms with Crippen LogP contribution >= 0.6 is 11.3 Å². The Morgan fingerprint density at radius 1 is 1.40 bits per heavy atom. The molecule has 0 aromatic carbocycles. The minimum absolute atomic E-state index is 0.0722. The number of hydrogen-bond acceptors (Lipinski definition) is 3. The van der Waals surface area contributed by atoms with Crippen LogP contribution in [0.1, 0.15) is 59.1 Å².